The number of aliphatic hydroxyl groups is 1. The molecule has 31 heavy (non-hydrogen) atoms. The molecule has 5 nitrogen and oxygen atoms in total. The van der Waals surface area contributed by atoms with Crippen LogP contribution in [0.2, 0.25) is 0 Å². The number of carbonyl (C=O) groups is 1. The van der Waals surface area contributed by atoms with Crippen molar-refractivity contribution in [1.82, 2.24) is 9.80 Å². The first kappa shape index (κ1) is 22.3. The number of hydrogen-bond donors (Lipinski definition) is 1. The molecule has 2 atom stereocenters. The Morgan fingerprint density at radius 3 is 2.94 bits per heavy atom. The van der Waals surface area contributed by atoms with Crippen LogP contribution in [0.4, 0.5) is 0 Å². The number of carbonyl (C=O) groups excluding carboxylic acids is 1. The summed E-state index contributed by atoms with van der Waals surface area (Å²) < 4.78 is 6.15. The van der Waals surface area contributed by atoms with E-state index in [0.717, 1.165) is 30.8 Å². The summed E-state index contributed by atoms with van der Waals surface area (Å²) >= 11 is 1.77. The number of hydrogen-bond acceptors (Lipinski definition) is 5. The molecule has 168 valence electrons. The molecule has 0 spiro atoms. The van der Waals surface area contributed by atoms with Crippen molar-refractivity contribution in [3.8, 4) is 5.75 Å². The summed E-state index contributed by atoms with van der Waals surface area (Å²) in [7, 11) is 0. The third-order valence-electron chi connectivity index (χ3n) is 6.33. The smallest absolute Gasteiger partial charge is 0.237 e. The van der Waals surface area contributed by atoms with Crippen molar-refractivity contribution < 1.29 is 14.6 Å². The number of benzene rings is 1. The minimum atomic E-state index is -0.378. The van der Waals surface area contributed by atoms with Gasteiger partial charge in [0.1, 0.15) is 12.4 Å². The topological polar surface area (TPSA) is 53.0 Å². The zero-order chi connectivity index (χ0) is 21.8. The van der Waals surface area contributed by atoms with Gasteiger partial charge in [-0.3, -0.25) is 9.69 Å². The summed E-state index contributed by atoms with van der Waals surface area (Å²) in [6.45, 7) is 7.07. The molecule has 1 aliphatic heterocycles. The summed E-state index contributed by atoms with van der Waals surface area (Å²) in [6.07, 6.45) is 3.71. The zero-order valence-electron chi connectivity index (χ0n) is 18.6. The van der Waals surface area contributed by atoms with Crippen molar-refractivity contribution in [3.63, 3.8) is 0 Å². The van der Waals surface area contributed by atoms with Crippen LogP contribution in [0, 0.1) is 12.8 Å². The van der Waals surface area contributed by atoms with Crippen LogP contribution in [-0.4, -0.2) is 59.7 Å². The molecule has 1 fully saturated rings. The predicted molar refractivity (Wildman–Crippen MR) is 125 cm³/mol. The molecule has 1 amide bonds. The van der Waals surface area contributed by atoms with Crippen LogP contribution < -0.4 is 4.74 Å². The van der Waals surface area contributed by atoms with Crippen LogP contribution in [0.3, 0.4) is 0 Å². The van der Waals surface area contributed by atoms with Gasteiger partial charge < -0.3 is 14.7 Å². The Morgan fingerprint density at radius 1 is 1.35 bits per heavy atom. The van der Waals surface area contributed by atoms with Crippen molar-refractivity contribution in [2.24, 2.45) is 5.92 Å². The van der Waals surface area contributed by atoms with Gasteiger partial charge in [-0.1, -0.05) is 19.1 Å². The lowest BCUT2D eigenvalue weighted by molar-refractivity contribution is -0.136. The van der Waals surface area contributed by atoms with Gasteiger partial charge in [0.2, 0.25) is 5.91 Å². The Hall–Kier alpha value is -1.89. The molecule has 1 aromatic carbocycles. The van der Waals surface area contributed by atoms with Gasteiger partial charge in [0.05, 0.1) is 18.7 Å². The SMILES string of the molecule is CCC(O)CN(CC(=O)N1CCc2sccc2C1COc1cccc(C)c1)CC1CC1. The van der Waals surface area contributed by atoms with Crippen LogP contribution in [0.1, 0.15) is 48.2 Å². The maximum Gasteiger partial charge on any atom is 0.237 e. The number of aliphatic hydroxyl groups excluding tert-OH is 1. The van der Waals surface area contributed by atoms with Gasteiger partial charge in [-0.05, 0) is 73.2 Å². The van der Waals surface area contributed by atoms with Crippen LogP contribution in [-0.2, 0) is 11.2 Å². The summed E-state index contributed by atoms with van der Waals surface area (Å²) in [5, 5.41) is 12.3. The Kier molecular flexibility index (Phi) is 7.31. The Balaban J connectivity index is 1.46. The van der Waals surface area contributed by atoms with Crippen LogP contribution >= 0.6 is 11.3 Å². The summed E-state index contributed by atoms with van der Waals surface area (Å²) in [4.78, 5) is 19.0. The third-order valence-corrected chi connectivity index (χ3v) is 7.32. The van der Waals surface area contributed by atoms with Crippen LogP contribution in [0.15, 0.2) is 35.7 Å². The van der Waals surface area contributed by atoms with Gasteiger partial charge in [0.15, 0.2) is 0 Å². The van der Waals surface area contributed by atoms with E-state index in [4.69, 9.17) is 4.74 Å². The Morgan fingerprint density at radius 2 is 2.19 bits per heavy atom. The van der Waals surface area contributed by atoms with E-state index in [2.05, 4.69) is 29.3 Å². The monoisotopic (exact) mass is 442 g/mol. The molecular formula is C25H34N2O3S. The van der Waals surface area contributed by atoms with E-state index >= 15 is 0 Å². The maximum absolute atomic E-state index is 13.4. The molecule has 1 aromatic heterocycles. The van der Waals surface area contributed by atoms with Gasteiger partial charge >= 0.3 is 0 Å². The first-order valence-electron chi connectivity index (χ1n) is 11.5. The fraction of sp³-hybridized carbons (Fsp3) is 0.560. The number of thiophene rings is 1. The second-order valence-corrected chi connectivity index (χ2v) is 9.98. The number of aryl methyl sites for hydroxylation is 1. The standard InChI is InChI=1S/C25H34N2O3S/c1-3-20(28)15-26(14-19-7-8-19)16-25(29)27-11-9-24-22(10-12-31-24)23(27)17-30-21-6-4-5-18(2)13-21/h4-6,10,12-13,19-20,23,28H,3,7-9,11,14-17H2,1-2H3. The van der Waals surface area contributed by atoms with Crippen LogP contribution in [0.5, 0.6) is 5.75 Å². The molecule has 2 aromatic rings. The molecule has 0 bridgehead atoms. The second kappa shape index (κ2) is 10.2. The van der Waals surface area contributed by atoms with Crippen molar-refractivity contribution in [2.45, 2.75) is 51.7 Å². The fourth-order valence-electron chi connectivity index (χ4n) is 4.33. The first-order valence-corrected chi connectivity index (χ1v) is 12.4. The zero-order valence-corrected chi connectivity index (χ0v) is 19.4. The molecule has 1 saturated carbocycles. The number of amides is 1. The molecule has 6 heteroatoms. The molecular weight excluding hydrogens is 408 g/mol. The highest BCUT2D eigenvalue weighted by atomic mass is 32.1. The van der Waals surface area contributed by atoms with Crippen molar-refractivity contribution in [2.75, 3.05) is 32.8 Å². The molecule has 0 saturated heterocycles. The van der Waals surface area contributed by atoms with E-state index in [1.165, 1.54) is 23.3 Å². The summed E-state index contributed by atoms with van der Waals surface area (Å²) in [6, 6.07) is 10.1. The quantitative estimate of drug-likeness (QED) is 0.603. The van der Waals surface area contributed by atoms with Crippen molar-refractivity contribution >= 4 is 17.2 Å². The number of ether oxygens (including phenoxy) is 1. The highest BCUT2D eigenvalue weighted by molar-refractivity contribution is 7.10. The molecule has 2 unspecified atom stereocenters. The van der Waals surface area contributed by atoms with E-state index in [-0.39, 0.29) is 18.1 Å². The van der Waals surface area contributed by atoms with Gasteiger partial charge in [0.25, 0.3) is 0 Å². The molecule has 2 aliphatic rings. The minimum Gasteiger partial charge on any atom is -0.491 e. The van der Waals surface area contributed by atoms with Crippen molar-refractivity contribution in [1.29, 1.82) is 0 Å². The van der Waals surface area contributed by atoms with Crippen LogP contribution in [0.25, 0.3) is 0 Å². The van der Waals surface area contributed by atoms with E-state index in [1.54, 1.807) is 11.3 Å². The Labute approximate surface area is 189 Å². The highest BCUT2D eigenvalue weighted by Crippen LogP contribution is 2.34. The second-order valence-electron chi connectivity index (χ2n) is 8.98. The lowest BCUT2D eigenvalue weighted by Gasteiger charge is -2.37. The Bertz CT molecular complexity index is 879. The average molecular weight is 443 g/mol. The number of rotatable bonds is 10. The third kappa shape index (κ3) is 5.88. The first-order chi connectivity index (χ1) is 15.0. The summed E-state index contributed by atoms with van der Waals surface area (Å²) in [5.74, 6) is 1.66. The molecule has 2 heterocycles. The fourth-order valence-corrected chi connectivity index (χ4v) is 5.26. The van der Waals surface area contributed by atoms with Gasteiger partial charge in [-0.15, -0.1) is 11.3 Å². The van der Waals surface area contributed by atoms with Gasteiger partial charge in [-0.25, -0.2) is 0 Å². The van der Waals surface area contributed by atoms with Gasteiger partial charge in [0, 0.05) is 24.5 Å². The lowest BCUT2D eigenvalue weighted by Crippen LogP contribution is -2.48. The molecule has 0 radical (unpaired) electrons. The number of fused-ring (bicyclic) bond motifs is 1. The minimum absolute atomic E-state index is 0.0677. The highest BCUT2D eigenvalue weighted by Gasteiger charge is 2.34. The predicted octanol–water partition coefficient (Wildman–Crippen LogP) is 4.04. The van der Waals surface area contributed by atoms with Gasteiger partial charge in [-0.2, -0.15) is 0 Å². The number of nitrogens with zero attached hydrogens (tertiary/aromatic N) is 2. The van der Waals surface area contributed by atoms with E-state index in [1.807, 2.05) is 30.0 Å². The van der Waals surface area contributed by atoms with Crippen molar-refractivity contribution in [3.05, 3.63) is 51.7 Å². The van der Waals surface area contributed by atoms with E-state index < -0.39 is 0 Å². The maximum atomic E-state index is 13.4. The van der Waals surface area contributed by atoms with E-state index in [0.29, 0.717) is 32.0 Å². The molecule has 4 rings (SSSR count). The molecule has 1 aliphatic carbocycles. The largest absolute Gasteiger partial charge is 0.491 e. The summed E-state index contributed by atoms with van der Waals surface area (Å²) in [5.41, 5.74) is 2.38. The molecule has 1 N–H and O–H groups in total. The average Bonchev–Trinajstić information content (AvgIpc) is 3.43. The van der Waals surface area contributed by atoms with E-state index in [9.17, 15) is 9.90 Å². The lowest BCUT2D eigenvalue weighted by atomic mass is 10.0. The normalized spacial score (nSPS) is 19.4.